The number of carbonyl (C=O) groups excluding carboxylic acids is 2. The van der Waals surface area contributed by atoms with Crippen molar-refractivity contribution in [2.45, 2.75) is 37.9 Å². The minimum absolute atomic E-state index is 0.0916. The zero-order valence-corrected chi connectivity index (χ0v) is 14.4. The van der Waals surface area contributed by atoms with E-state index in [1.165, 1.54) is 0 Å². The maximum atomic E-state index is 12.7. The normalized spacial score (nSPS) is 20.7. The number of methoxy groups -OCH3 is 1. The molecule has 1 atom stereocenters. The molecule has 6 heteroatoms. The van der Waals surface area contributed by atoms with Crippen molar-refractivity contribution in [2.75, 3.05) is 27.2 Å². The van der Waals surface area contributed by atoms with Crippen LogP contribution >= 0.6 is 0 Å². The molecule has 24 heavy (non-hydrogen) atoms. The van der Waals surface area contributed by atoms with Crippen LogP contribution in [0.25, 0.3) is 0 Å². The first-order valence-corrected chi connectivity index (χ1v) is 8.27. The Hall–Kier alpha value is -1.92. The molecule has 1 saturated heterocycles. The number of nitrogens with zero attached hydrogens (tertiary/aromatic N) is 1. The molecule has 1 aliphatic rings. The standard InChI is InChI=1S/C18H26N2O4/c1-19-16(21)7-9-18(23)8-4-10-20(13-18)17(22)15-6-3-5-14(11-15)12-24-2/h3,5-6,11,23H,4,7-10,12-13H2,1-2H3,(H,19,21)/t18-/m1/s1. The lowest BCUT2D eigenvalue weighted by Crippen LogP contribution is -2.50. The highest BCUT2D eigenvalue weighted by Gasteiger charge is 2.35. The molecule has 1 aliphatic heterocycles. The lowest BCUT2D eigenvalue weighted by molar-refractivity contribution is -0.122. The molecule has 0 aromatic heterocycles. The quantitative estimate of drug-likeness (QED) is 0.822. The van der Waals surface area contributed by atoms with Gasteiger partial charge in [-0.1, -0.05) is 12.1 Å². The molecule has 2 rings (SSSR count). The molecule has 2 amide bonds. The predicted molar refractivity (Wildman–Crippen MR) is 90.5 cm³/mol. The lowest BCUT2D eigenvalue weighted by Gasteiger charge is -2.39. The van der Waals surface area contributed by atoms with Gasteiger partial charge in [-0.3, -0.25) is 9.59 Å². The van der Waals surface area contributed by atoms with Gasteiger partial charge in [0.15, 0.2) is 0 Å². The van der Waals surface area contributed by atoms with Crippen LogP contribution in [0.1, 0.15) is 41.6 Å². The van der Waals surface area contributed by atoms with Gasteiger partial charge in [-0.25, -0.2) is 0 Å². The molecule has 0 radical (unpaired) electrons. The van der Waals surface area contributed by atoms with Crippen molar-refractivity contribution in [2.24, 2.45) is 0 Å². The molecular formula is C18H26N2O4. The third-order valence-corrected chi connectivity index (χ3v) is 4.42. The van der Waals surface area contributed by atoms with Crippen molar-refractivity contribution < 1.29 is 19.4 Å². The minimum atomic E-state index is -0.995. The maximum absolute atomic E-state index is 12.7. The third-order valence-electron chi connectivity index (χ3n) is 4.42. The summed E-state index contributed by atoms with van der Waals surface area (Å²) in [4.78, 5) is 25.8. The van der Waals surface area contributed by atoms with E-state index < -0.39 is 5.60 Å². The Kier molecular flexibility index (Phi) is 6.34. The summed E-state index contributed by atoms with van der Waals surface area (Å²) in [7, 11) is 3.20. The van der Waals surface area contributed by atoms with Crippen LogP contribution in [0.2, 0.25) is 0 Å². The number of rotatable bonds is 6. The monoisotopic (exact) mass is 334 g/mol. The van der Waals surface area contributed by atoms with Gasteiger partial charge in [0.05, 0.1) is 12.2 Å². The van der Waals surface area contributed by atoms with E-state index in [4.69, 9.17) is 4.74 Å². The number of hydrogen-bond acceptors (Lipinski definition) is 4. The lowest BCUT2D eigenvalue weighted by atomic mass is 9.88. The summed E-state index contributed by atoms with van der Waals surface area (Å²) < 4.78 is 5.10. The maximum Gasteiger partial charge on any atom is 0.253 e. The fraction of sp³-hybridized carbons (Fsp3) is 0.556. The second-order valence-corrected chi connectivity index (χ2v) is 6.36. The number of likely N-dealkylation sites (tertiary alicyclic amines) is 1. The van der Waals surface area contributed by atoms with E-state index in [1.807, 2.05) is 18.2 Å². The molecule has 1 aromatic carbocycles. The first-order valence-electron chi connectivity index (χ1n) is 8.27. The van der Waals surface area contributed by atoms with Gasteiger partial charge in [-0.2, -0.15) is 0 Å². The topological polar surface area (TPSA) is 78.9 Å². The molecule has 0 spiro atoms. The van der Waals surface area contributed by atoms with Crippen LogP contribution in [0.3, 0.4) is 0 Å². The van der Waals surface area contributed by atoms with Crippen molar-refractivity contribution in [3.8, 4) is 0 Å². The zero-order chi connectivity index (χ0) is 17.6. The second-order valence-electron chi connectivity index (χ2n) is 6.36. The van der Waals surface area contributed by atoms with Gasteiger partial charge in [0, 0.05) is 39.2 Å². The van der Waals surface area contributed by atoms with Crippen LogP contribution in [0.5, 0.6) is 0 Å². The number of β-amino-alcohol motifs (C(OH)–C–C–N with tert-alkyl or cyclic N) is 1. The highest BCUT2D eigenvalue weighted by molar-refractivity contribution is 5.94. The second kappa shape index (κ2) is 8.26. The Labute approximate surface area is 142 Å². The van der Waals surface area contributed by atoms with Crippen LogP contribution in [-0.4, -0.2) is 54.7 Å². The number of ether oxygens (including phenoxy) is 1. The summed E-state index contributed by atoms with van der Waals surface area (Å²) in [6.45, 7) is 1.34. The van der Waals surface area contributed by atoms with Crippen LogP contribution in [0.4, 0.5) is 0 Å². The Morgan fingerprint density at radius 2 is 2.21 bits per heavy atom. The largest absolute Gasteiger partial charge is 0.388 e. The van der Waals surface area contributed by atoms with E-state index in [0.717, 1.165) is 12.0 Å². The van der Waals surface area contributed by atoms with E-state index in [9.17, 15) is 14.7 Å². The molecule has 1 aromatic rings. The molecule has 0 bridgehead atoms. The van der Waals surface area contributed by atoms with Gasteiger partial charge in [0.25, 0.3) is 5.91 Å². The molecule has 2 N–H and O–H groups in total. The number of nitrogens with one attached hydrogen (secondary N) is 1. The van der Waals surface area contributed by atoms with Gasteiger partial charge in [-0.15, -0.1) is 0 Å². The van der Waals surface area contributed by atoms with Crippen molar-refractivity contribution in [3.63, 3.8) is 0 Å². The predicted octanol–water partition coefficient (Wildman–Crippen LogP) is 1.33. The van der Waals surface area contributed by atoms with Crippen molar-refractivity contribution >= 4 is 11.8 Å². The van der Waals surface area contributed by atoms with Crippen LogP contribution in [-0.2, 0) is 16.1 Å². The number of benzene rings is 1. The Morgan fingerprint density at radius 1 is 1.42 bits per heavy atom. The smallest absolute Gasteiger partial charge is 0.253 e. The summed E-state index contributed by atoms with van der Waals surface area (Å²) in [5, 5.41) is 13.3. The molecule has 0 aliphatic carbocycles. The minimum Gasteiger partial charge on any atom is -0.388 e. The Bertz CT molecular complexity index is 590. The van der Waals surface area contributed by atoms with E-state index in [1.54, 1.807) is 25.1 Å². The number of amides is 2. The molecule has 1 heterocycles. The fourth-order valence-electron chi connectivity index (χ4n) is 3.10. The summed E-state index contributed by atoms with van der Waals surface area (Å²) in [5.41, 5.74) is 0.542. The molecular weight excluding hydrogens is 308 g/mol. The van der Waals surface area contributed by atoms with Gasteiger partial charge < -0.3 is 20.1 Å². The summed E-state index contributed by atoms with van der Waals surface area (Å²) >= 11 is 0. The van der Waals surface area contributed by atoms with Crippen molar-refractivity contribution in [3.05, 3.63) is 35.4 Å². The Morgan fingerprint density at radius 3 is 2.92 bits per heavy atom. The SMILES string of the molecule is CNC(=O)CC[C@]1(O)CCCN(C(=O)c2cccc(COC)c2)C1. The molecule has 132 valence electrons. The molecule has 6 nitrogen and oxygen atoms in total. The highest BCUT2D eigenvalue weighted by Crippen LogP contribution is 2.27. The molecule has 0 unspecified atom stereocenters. The van der Waals surface area contributed by atoms with Gasteiger partial charge >= 0.3 is 0 Å². The summed E-state index contributed by atoms with van der Waals surface area (Å²) in [6, 6.07) is 7.35. The zero-order valence-electron chi connectivity index (χ0n) is 14.4. The average Bonchev–Trinajstić information content (AvgIpc) is 2.59. The third kappa shape index (κ3) is 4.79. The summed E-state index contributed by atoms with van der Waals surface area (Å²) in [5.74, 6) is -0.190. The van der Waals surface area contributed by atoms with E-state index in [-0.39, 0.29) is 24.8 Å². The highest BCUT2D eigenvalue weighted by atomic mass is 16.5. The number of piperidine rings is 1. The van der Waals surface area contributed by atoms with Crippen LogP contribution in [0.15, 0.2) is 24.3 Å². The molecule has 0 saturated carbocycles. The summed E-state index contributed by atoms with van der Waals surface area (Å²) in [6.07, 6.45) is 1.96. The number of hydrogen-bond donors (Lipinski definition) is 2. The van der Waals surface area contributed by atoms with Gasteiger partial charge in [-0.05, 0) is 37.0 Å². The van der Waals surface area contributed by atoms with E-state index >= 15 is 0 Å². The average molecular weight is 334 g/mol. The number of aliphatic hydroxyl groups is 1. The first-order chi connectivity index (χ1) is 11.5. The van der Waals surface area contributed by atoms with Crippen molar-refractivity contribution in [1.82, 2.24) is 10.2 Å². The number of carbonyl (C=O) groups is 2. The van der Waals surface area contributed by atoms with Crippen LogP contribution in [0, 0.1) is 0 Å². The van der Waals surface area contributed by atoms with E-state index in [0.29, 0.717) is 31.6 Å². The van der Waals surface area contributed by atoms with Gasteiger partial charge in [0.1, 0.15) is 0 Å². The fourth-order valence-corrected chi connectivity index (χ4v) is 3.10. The first kappa shape index (κ1) is 18.4. The van der Waals surface area contributed by atoms with Gasteiger partial charge in [0.2, 0.25) is 5.91 Å². The van der Waals surface area contributed by atoms with E-state index in [2.05, 4.69) is 5.32 Å². The van der Waals surface area contributed by atoms with Crippen LogP contribution < -0.4 is 5.32 Å². The van der Waals surface area contributed by atoms with Crippen molar-refractivity contribution in [1.29, 1.82) is 0 Å². The Balaban J connectivity index is 2.04. The molecule has 1 fully saturated rings.